The van der Waals surface area contributed by atoms with Crippen LogP contribution in [0.2, 0.25) is 0 Å². The first kappa shape index (κ1) is 17.1. The van der Waals surface area contributed by atoms with Crippen molar-refractivity contribution in [2.45, 2.75) is 15.5 Å². The molecule has 132 valence electrons. The second-order valence-corrected chi connectivity index (χ2v) is 9.54. The van der Waals surface area contributed by atoms with Crippen LogP contribution in [-0.4, -0.2) is 18.6 Å². The average Bonchev–Trinajstić information content (AvgIpc) is 3.33. The van der Waals surface area contributed by atoms with Crippen LogP contribution in [0, 0.1) is 0 Å². The van der Waals surface area contributed by atoms with Gasteiger partial charge in [0.25, 0.3) is 10.0 Å². The highest BCUT2D eigenvalue weighted by Crippen LogP contribution is 2.41. The fraction of sp³-hybridized carbons (Fsp3) is 0.0556. The fourth-order valence-electron chi connectivity index (χ4n) is 2.65. The molecule has 0 spiro atoms. The highest BCUT2D eigenvalue weighted by molar-refractivity contribution is 8.14. The lowest BCUT2D eigenvalue weighted by Gasteiger charge is -2.14. The zero-order chi connectivity index (χ0) is 18.1. The van der Waals surface area contributed by atoms with Crippen molar-refractivity contribution in [3.8, 4) is 5.75 Å². The van der Waals surface area contributed by atoms with E-state index in [-0.39, 0.29) is 9.96 Å². The van der Waals surface area contributed by atoms with Gasteiger partial charge in [0, 0.05) is 23.4 Å². The maximum Gasteiger partial charge on any atom is 0.271 e. The number of sulfonamides is 1. The minimum absolute atomic E-state index is 0.124. The highest BCUT2D eigenvalue weighted by Gasteiger charge is 2.20. The van der Waals surface area contributed by atoms with Crippen LogP contribution < -0.4 is 4.72 Å². The molecule has 0 atom stereocenters. The molecule has 3 aromatic rings. The first-order valence-electron chi connectivity index (χ1n) is 7.75. The predicted octanol–water partition coefficient (Wildman–Crippen LogP) is 4.82. The zero-order valence-electron chi connectivity index (χ0n) is 13.4. The maximum atomic E-state index is 12.6. The van der Waals surface area contributed by atoms with E-state index in [1.54, 1.807) is 41.9 Å². The highest BCUT2D eigenvalue weighted by atomic mass is 32.2. The Morgan fingerprint density at radius 2 is 1.96 bits per heavy atom. The van der Waals surface area contributed by atoms with E-state index in [0.29, 0.717) is 27.8 Å². The van der Waals surface area contributed by atoms with Crippen LogP contribution in [0.15, 0.2) is 74.2 Å². The number of hydrogen-bond donors (Lipinski definition) is 2. The molecule has 1 aliphatic heterocycles. The van der Waals surface area contributed by atoms with Gasteiger partial charge in [0.05, 0.1) is 15.6 Å². The van der Waals surface area contributed by atoms with Crippen LogP contribution >= 0.6 is 23.1 Å². The van der Waals surface area contributed by atoms with E-state index in [0.717, 1.165) is 16.4 Å². The summed E-state index contributed by atoms with van der Waals surface area (Å²) in [5, 5.41) is 14.4. The minimum Gasteiger partial charge on any atom is -0.506 e. The van der Waals surface area contributed by atoms with Crippen molar-refractivity contribution in [1.29, 1.82) is 0 Å². The summed E-state index contributed by atoms with van der Waals surface area (Å²) in [4.78, 5) is 4.81. The smallest absolute Gasteiger partial charge is 0.271 e. The van der Waals surface area contributed by atoms with Crippen LogP contribution in [0.4, 0.5) is 5.69 Å². The Morgan fingerprint density at radius 1 is 1.15 bits per heavy atom. The average molecular weight is 403 g/mol. The molecule has 0 radical (unpaired) electrons. The van der Waals surface area contributed by atoms with Gasteiger partial charge in [0.1, 0.15) is 9.96 Å². The van der Waals surface area contributed by atoms with E-state index < -0.39 is 10.0 Å². The Balaban J connectivity index is 1.81. The standard InChI is InChI=1S/C18H14N2O3S3/c21-18-13-6-2-1-5-12(13)14(11-15(18)25-16-7-3-9-19-16)20-26(22,23)17-8-4-10-24-17/h1-6,8-11,20-21H,7H2. The van der Waals surface area contributed by atoms with Gasteiger partial charge in [0.15, 0.2) is 0 Å². The number of rotatable bonds is 4. The minimum atomic E-state index is -3.68. The quantitative estimate of drug-likeness (QED) is 0.614. The van der Waals surface area contributed by atoms with E-state index in [4.69, 9.17) is 0 Å². The van der Waals surface area contributed by atoms with Gasteiger partial charge >= 0.3 is 0 Å². The molecule has 0 unspecified atom stereocenters. The normalized spacial score (nSPS) is 13.9. The molecule has 8 heteroatoms. The molecule has 4 rings (SSSR count). The fourth-order valence-corrected chi connectivity index (χ4v) is 5.64. The molecule has 0 amide bonds. The Kier molecular flexibility index (Phi) is 4.47. The Hall–Kier alpha value is -2.29. The van der Waals surface area contributed by atoms with Gasteiger partial charge in [-0.25, -0.2) is 8.42 Å². The third-order valence-corrected chi connectivity index (χ3v) is 7.63. The topological polar surface area (TPSA) is 78.8 Å². The Labute approximate surface area is 159 Å². The van der Waals surface area contributed by atoms with Crippen molar-refractivity contribution in [3.63, 3.8) is 0 Å². The molecule has 5 nitrogen and oxygen atoms in total. The van der Waals surface area contributed by atoms with Crippen LogP contribution in [0.25, 0.3) is 10.8 Å². The zero-order valence-corrected chi connectivity index (χ0v) is 15.9. The summed E-state index contributed by atoms with van der Waals surface area (Å²) < 4.78 is 28.2. The molecule has 2 N–H and O–H groups in total. The van der Waals surface area contributed by atoms with Gasteiger partial charge in [-0.3, -0.25) is 9.71 Å². The number of phenols is 1. The third kappa shape index (κ3) is 3.23. The van der Waals surface area contributed by atoms with E-state index in [1.165, 1.54) is 11.8 Å². The molecule has 0 aliphatic carbocycles. The molecule has 2 heterocycles. The van der Waals surface area contributed by atoms with E-state index in [1.807, 2.05) is 18.2 Å². The number of phenolic OH excluding ortho intramolecular Hbond substituents is 1. The summed E-state index contributed by atoms with van der Waals surface area (Å²) in [5.74, 6) is 0.124. The number of anilines is 1. The van der Waals surface area contributed by atoms with Crippen molar-refractivity contribution in [3.05, 3.63) is 60.1 Å². The van der Waals surface area contributed by atoms with Crippen LogP contribution in [0.5, 0.6) is 5.75 Å². The first-order chi connectivity index (χ1) is 12.5. The van der Waals surface area contributed by atoms with Crippen molar-refractivity contribution < 1.29 is 13.5 Å². The molecular formula is C18H14N2O3S3. The van der Waals surface area contributed by atoms with Gasteiger partial charge < -0.3 is 5.11 Å². The molecule has 1 aliphatic rings. The maximum absolute atomic E-state index is 12.6. The van der Waals surface area contributed by atoms with E-state index in [9.17, 15) is 13.5 Å². The number of nitrogens with zero attached hydrogens (tertiary/aromatic N) is 1. The van der Waals surface area contributed by atoms with Gasteiger partial charge in [-0.05, 0) is 17.5 Å². The van der Waals surface area contributed by atoms with Gasteiger partial charge in [-0.2, -0.15) is 0 Å². The monoisotopic (exact) mass is 402 g/mol. The summed E-state index contributed by atoms with van der Waals surface area (Å²) in [6.45, 7) is 0. The predicted molar refractivity (Wildman–Crippen MR) is 108 cm³/mol. The lowest BCUT2D eigenvalue weighted by molar-refractivity contribution is 0.469. The number of aromatic hydroxyl groups is 1. The largest absolute Gasteiger partial charge is 0.506 e. The summed E-state index contributed by atoms with van der Waals surface area (Å²) in [6.07, 6.45) is 4.36. The number of thioether (sulfide) groups is 1. The molecule has 0 fully saturated rings. The lowest BCUT2D eigenvalue weighted by Crippen LogP contribution is -2.12. The van der Waals surface area contributed by atoms with Crippen LogP contribution in [-0.2, 0) is 10.0 Å². The summed E-state index contributed by atoms with van der Waals surface area (Å²) in [6, 6.07) is 12.1. The van der Waals surface area contributed by atoms with Crippen molar-refractivity contribution >= 4 is 54.6 Å². The molecular weight excluding hydrogens is 388 g/mol. The molecule has 2 aromatic carbocycles. The Bertz CT molecular complexity index is 1130. The number of hydrogen-bond acceptors (Lipinski definition) is 6. The summed E-state index contributed by atoms with van der Waals surface area (Å²) in [7, 11) is -3.68. The van der Waals surface area contributed by atoms with Gasteiger partial charge in [-0.15, -0.1) is 11.3 Å². The lowest BCUT2D eigenvalue weighted by atomic mass is 10.1. The van der Waals surface area contributed by atoms with Crippen LogP contribution in [0.3, 0.4) is 0 Å². The molecule has 0 bridgehead atoms. The van der Waals surface area contributed by atoms with E-state index >= 15 is 0 Å². The van der Waals surface area contributed by atoms with Crippen LogP contribution in [0.1, 0.15) is 6.42 Å². The number of allylic oxidation sites excluding steroid dienone is 1. The van der Waals surface area contributed by atoms with Gasteiger partial charge in [-0.1, -0.05) is 48.2 Å². The molecule has 0 saturated carbocycles. The van der Waals surface area contributed by atoms with E-state index in [2.05, 4.69) is 9.71 Å². The molecule has 26 heavy (non-hydrogen) atoms. The first-order valence-corrected chi connectivity index (χ1v) is 10.9. The second-order valence-electron chi connectivity index (χ2n) is 5.57. The van der Waals surface area contributed by atoms with Crippen molar-refractivity contribution in [2.24, 2.45) is 4.99 Å². The number of fused-ring (bicyclic) bond motifs is 1. The van der Waals surface area contributed by atoms with Crippen molar-refractivity contribution in [2.75, 3.05) is 4.72 Å². The SMILES string of the molecule is O=S(=O)(Nc1cc(SC2=NC=CC2)c(O)c2ccccc12)c1cccs1. The Morgan fingerprint density at radius 3 is 2.65 bits per heavy atom. The second kappa shape index (κ2) is 6.79. The molecule has 0 saturated heterocycles. The summed E-state index contributed by atoms with van der Waals surface area (Å²) >= 11 is 2.49. The molecule has 1 aromatic heterocycles. The third-order valence-electron chi connectivity index (χ3n) is 3.83. The number of aliphatic imine (C=N–C) groups is 1. The number of benzene rings is 2. The summed E-state index contributed by atoms with van der Waals surface area (Å²) in [5.41, 5.74) is 0.431. The number of nitrogens with one attached hydrogen (secondary N) is 1. The number of thiophene rings is 1. The van der Waals surface area contributed by atoms with Crippen molar-refractivity contribution in [1.82, 2.24) is 0 Å². The van der Waals surface area contributed by atoms with Gasteiger partial charge in [0.2, 0.25) is 0 Å².